The van der Waals surface area contributed by atoms with Crippen LogP contribution in [0.4, 0.5) is 5.82 Å². The minimum absolute atomic E-state index is 0.0255. The van der Waals surface area contributed by atoms with Crippen LogP contribution in [0.3, 0.4) is 0 Å². The number of nitrogens with zero attached hydrogens (tertiary/aromatic N) is 1. The molecular weight excluding hydrogens is 232 g/mol. The van der Waals surface area contributed by atoms with Crippen molar-refractivity contribution in [2.75, 3.05) is 5.73 Å². The van der Waals surface area contributed by atoms with Gasteiger partial charge in [-0.15, -0.1) is 0 Å². The lowest BCUT2D eigenvalue weighted by molar-refractivity contribution is 0.461. The fraction of sp³-hybridized carbons (Fsp3) is 0. The first-order chi connectivity index (χ1) is 6.16. The highest BCUT2D eigenvalue weighted by molar-refractivity contribution is 9.10. The molecule has 0 aliphatic heterocycles. The van der Waals surface area contributed by atoms with Crippen molar-refractivity contribution in [3.63, 3.8) is 0 Å². The molecule has 0 amide bonds. The van der Waals surface area contributed by atoms with E-state index in [0.717, 1.165) is 9.86 Å². The lowest BCUT2D eigenvalue weighted by atomic mass is 10.2. The highest BCUT2D eigenvalue weighted by atomic mass is 79.9. The summed E-state index contributed by atoms with van der Waals surface area (Å²) in [6.45, 7) is 0. The number of nitrogen functional groups attached to an aromatic ring is 1. The van der Waals surface area contributed by atoms with Crippen LogP contribution in [-0.4, -0.2) is 10.1 Å². The third kappa shape index (κ3) is 1.45. The molecule has 1 aromatic carbocycles. The lowest BCUT2D eigenvalue weighted by Gasteiger charge is -2.01. The van der Waals surface area contributed by atoms with Gasteiger partial charge in [0.05, 0.1) is 0 Å². The van der Waals surface area contributed by atoms with E-state index in [-0.39, 0.29) is 5.88 Å². The van der Waals surface area contributed by atoms with E-state index in [1.54, 1.807) is 12.1 Å². The Balaban J connectivity index is 2.86. The molecule has 1 aromatic heterocycles. The van der Waals surface area contributed by atoms with E-state index in [1.165, 1.54) is 0 Å². The first kappa shape index (κ1) is 8.31. The van der Waals surface area contributed by atoms with Crippen LogP contribution in [0, 0.1) is 0 Å². The monoisotopic (exact) mass is 238 g/mol. The standard InChI is InChI=1S/C9H7BrN2O/c10-6-1-2-7-5(3-6)4-8(11)12-9(7)13/h1-4H,(H3,11,12,13). The molecule has 0 saturated carbocycles. The van der Waals surface area contributed by atoms with Gasteiger partial charge >= 0.3 is 0 Å². The highest BCUT2D eigenvalue weighted by Gasteiger charge is 2.02. The molecule has 0 atom stereocenters. The van der Waals surface area contributed by atoms with Crippen molar-refractivity contribution < 1.29 is 5.11 Å². The van der Waals surface area contributed by atoms with Gasteiger partial charge in [0.25, 0.3) is 0 Å². The number of anilines is 1. The summed E-state index contributed by atoms with van der Waals surface area (Å²) in [6.07, 6.45) is 0. The van der Waals surface area contributed by atoms with Gasteiger partial charge in [-0.2, -0.15) is 4.98 Å². The zero-order valence-electron chi connectivity index (χ0n) is 6.66. The maximum absolute atomic E-state index is 9.44. The Hall–Kier alpha value is -1.29. The Bertz CT molecular complexity index is 465. The molecule has 2 rings (SSSR count). The van der Waals surface area contributed by atoms with Gasteiger partial charge in [0.2, 0.25) is 5.88 Å². The van der Waals surface area contributed by atoms with Gasteiger partial charge in [-0.05, 0) is 29.7 Å². The van der Waals surface area contributed by atoms with Crippen LogP contribution >= 0.6 is 15.9 Å². The quantitative estimate of drug-likeness (QED) is 0.741. The van der Waals surface area contributed by atoms with Crippen molar-refractivity contribution in [3.05, 3.63) is 28.7 Å². The van der Waals surface area contributed by atoms with E-state index in [9.17, 15) is 5.11 Å². The molecule has 0 bridgehead atoms. The van der Waals surface area contributed by atoms with Crippen molar-refractivity contribution in [1.29, 1.82) is 0 Å². The van der Waals surface area contributed by atoms with Gasteiger partial charge in [0.1, 0.15) is 5.82 Å². The first-order valence-electron chi connectivity index (χ1n) is 3.71. The molecule has 13 heavy (non-hydrogen) atoms. The number of aromatic hydroxyl groups is 1. The second-order valence-electron chi connectivity index (χ2n) is 2.74. The van der Waals surface area contributed by atoms with Crippen molar-refractivity contribution in [2.45, 2.75) is 0 Å². The summed E-state index contributed by atoms with van der Waals surface area (Å²) in [7, 11) is 0. The molecule has 1 heterocycles. The van der Waals surface area contributed by atoms with Crippen LogP contribution in [0.1, 0.15) is 0 Å². The topological polar surface area (TPSA) is 59.1 Å². The third-order valence-electron chi connectivity index (χ3n) is 1.79. The summed E-state index contributed by atoms with van der Waals surface area (Å²) in [5.74, 6) is 0.297. The van der Waals surface area contributed by atoms with Crippen molar-refractivity contribution in [3.8, 4) is 5.88 Å². The second-order valence-corrected chi connectivity index (χ2v) is 3.65. The third-order valence-corrected chi connectivity index (χ3v) is 2.29. The van der Waals surface area contributed by atoms with Gasteiger partial charge < -0.3 is 10.8 Å². The SMILES string of the molecule is Nc1cc2cc(Br)ccc2c(O)n1. The summed E-state index contributed by atoms with van der Waals surface area (Å²) in [5.41, 5.74) is 5.49. The van der Waals surface area contributed by atoms with E-state index in [1.807, 2.05) is 12.1 Å². The number of halogens is 1. The maximum Gasteiger partial charge on any atom is 0.220 e. The number of benzene rings is 1. The molecule has 0 fully saturated rings. The Labute approximate surface area is 83.3 Å². The average molecular weight is 239 g/mol. The molecule has 0 aliphatic rings. The van der Waals surface area contributed by atoms with Crippen molar-refractivity contribution in [1.82, 2.24) is 4.98 Å². The Morgan fingerprint density at radius 3 is 2.85 bits per heavy atom. The van der Waals surface area contributed by atoms with E-state index in [2.05, 4.69) is 20.9 Å². The van der Waals surface area contributed by atoms with E-state index in [0.29, 0.717) is 11.2 Å². The maximum atomic E-state index is 9.44. The molecule has 0 saturated heterocycles. The van der Waals surface area contributed by atoms with Gasteiger partial charge in [-0.3, -0.25) is 0 Å². The largest absolute Gasteiger partial charge is 0.493 e. The summed E-state index contributed by atoms with van der Waals surface area (Å²) >= 11 is 3.34. The molecule has 0 aliphatic carbocycles. The highest BCUT2D eigenvalue weighted by Crippen LogP contribution is 2.26. The summed E-state index contributed by atoms with van der Waals surface area (Å²) in [6, 6.07) is 7.24. The van der Waals surface area contributed by atoms with Gasteiger partial charge in [0, 0.05) is 9.86 Å². The molecule has 66 valence electrons. The number of pyridine rings is 1. The summed E-state index contributed by atoms with van der Waals surface area (Å²) < 4.78 is 0.949. The fourth-order valence-corrected chi connectivity index (χ4v) is 1.61. The fourth-order valence-electron chi connectivity index (χ4n) is 1.23. The zero-order chi connectivity index (χ0) is 9.42. The normalized spacial score (nSPS) is 10.5. The lowest BCUT2D eigenvalue weighted by Crippen LogP contribution is -1.89. The number of aromatic nitrogens is 1. The van der Waals surface area contributed by atoms with Crippen LogP contribution in [0.25, 0.3) is 10.8 Å². The first-order valence-corrected chi connectivity index (χ1v) is 4.51. The molecule has 3 N–H and O–H groups in total. The van der Waals surface area contributed by atoms with E-state index < -0.39 is 0 Å². The van der Waals surface area contributed by atoms with Crippen molar-refractivity contribution >= 4 is 32.5 Å². The predicted molar refractivity (Wildman–Crippen MR) is 55.5 cm³/mol. The number of hydrogen-bond donors (Lipinski definition) is 2. The van der Waals surface area contributed by atoms with Crippen molar-refractivity contribution in [2.24, 2.45) is 0 Å². The van der Waals surface area contributed by atoms with Gasteiger partial charge in [-0.25, -0.2) is 0 Å². The number of nitrogens with two attached hydrogens (primary N) is 1. The Kier molecular flexibility index (Phi) is 1.84. The second kappa shape index (κ2) is 2.88. The van der Waals surface area contributed by atoms with Gasteiger partial charge in [0.15, 0.2) is 0 Å². The smallest absolute Gasteiger partial charge is 0.220 e. The minimum Gasteiger partial charge on any atom is -0.493 e. The molecule has 0 spiro atoms. The van der Waals surface area contributed by atoms with Crippen LogP contribution in [0.15, 0.2) is 28.7 Å². The molecule has 0 radical (unpaired) electrons. The predicted octanol–water partition coefficient (Wildman–Crippen LogP) is 2.29. The number of hydrogen-bond acceptors (Lipinski definition) is 3. The molecular formula is C9H7BrN2O. The van der Waals surface area contributed by atoms with E-state index >= 15 is 0 Å². The van der Waals surface area contributed by atoms with Crippen LogP contribution in [0.2, 0.25) is 0 Å². The van der Waals surface area contributed by atoms with Crippen LogP contribution in [0.5, 0.6) is 5.88 Å². The van der Waals surface area contributed by atoms with E-state index in [4.69, 9.17) is 5.73 Å². The summed E-state index contributed by atoms with van der Waals surface area (Å²) in [4.78, 5) is 3.75. The molecule has 2 aromatic rings. The molecule has 4 heteroatoms. The number of fused-ring (bicyclic) bond motifs is 1. The Morgan fingerprint density at radius 2 is 2.08 bits per heavy atom. The zero-order valence-corrected chi connectivity index (χ0v) is 8.25. The molecule has 3 nitrogen and oxygen atoms in total. The van der Waals surface area contributed by atoms with Crippen LogP contribution in [-0.2, 0) is 0 Å². The van der Waals surface area contributed by atoms with Crippen LogP contribution < -0.4 is 5.73 Å². The summed E-state index contributed by atoms with van der Waals surface area (Å²) in [5, 5.41) is 11.0. The number of rotatable bonds is 0. The molecule has 0 unspecified atom stereocenters. The van der Waals surface area contributed by atoms with Gasteiger partial charge in [-0.1, -0.05) is 15.9 Å². The Morgan fingerprint density at radius 1 is 1.31 bits per heavy atom. The average Bonchev–Trinajstić information content (AvgIpc) is 2.02. The minimum atomic E-state index is -0.0255.